The molecule has 1 saturated heterocycles. The van der Waals surface area contributed by atoms with E-state index in [1.807, 2.05) is 18.2 Å². The van der Waals surface area contributed by atoms with Crippen LogP contribution >= 0.6 is 0 Å². The molecule has 0 radical (unpaired) electrons. The molecule has 1 aliphatic heterocycles. The summed E-state index contributed by atoms with van der Waals surface area (Å²) in [5.41, 5.74) is 3.12. The number of benzene rings is 2. The first-order chi connectivity index (χ1) is 13.7. The van der Waals surface area contributed by atoms with Gasteiger partial charge in [-0.1, -0.05) is 12.1 Å². The zero-order valence-electron chi connectivity index (χ0n) is 16.2. The van der Waals surface area contributed by atoms with Gasteiger partial charge in [-0.15, -0.1) is 0 Å². The van der Waals surface area contributed by atoms with Crippen molar-refractivity contribution >= 4 is 28.9 Å². The summed E-state index contributed by atoms with van der Waals surface area (Å²) in [6, 6.07) is 15.1. The molecule has 0 saturated carbocycles. The third-order valence-corrected chi connectivity index (χ3v) is 4.87. The van der Waals surface area contributed by atoms with Crippen molar-refractivity contribution in [3.63, 3.8) is 0 Å². The molecule has 28 heavy (non-hydrogen) atoms. The lowest BCUT2D eigenvalue weighted by molar-refractivity contribution is -0.115. The maximum Gasteiger partial charge on any atom is 0.339 e. The topological polar surface area (TPSA) is 70.7 Å². The van der Waals surface area contributed by atoms with Gasteiger partial charge in [-0.05, 0) is 55.7 Å². The number of ether oxygens (including phenoxy) is 1. The molecular formula is C22H27N3O3. The first kappa shape index (κ1) is 19.7. The van der Waals surface area contributed by atoms with Crippen molar-refractivity contribution in [3.8, 4) is 0 Å². The van der Waals surface area contributed by atoms with Crippen LogP contribution in [0.2, 0.25) is 0 Å². The molecule has 0 aliphatic carbocycles. The van der Waals surface area contributed by atoms with Crippen LogP contribution in [-0.2, 0) is 9.53 Å². The van der Waals surface area contributed by atoms with E-state index in [1.54, 1.807) is 18.2 Å². The molecule has 0 aromatic heterocycles. The number of hydrogen-bond acceptors (Lipinski definition) is 5. The minimum Gasteiger partial charge on any atom is -0.465 e. The number of anilines is 3. The average Bonchev–Trinajstić information content (AvgIpc) is 2.74. The van der Waals surface area contributed by atoms with Crippen molar-refractivity contribution in [1.29, 1.82) is 0 Å². The fourth-order valence-corrected chi connectivity index (χ4v) is 3.37. The lowest BCUT2D eigenvalue weighted by Gasteiger charge is -2.28. The SMILES string of the molecule is COC(=O)c1ccccc1NCCC(=O)Nc1ccc(N2CCCCC2)cc1. The van der Waals surface area contributed by atoms with E-state index in [0.29, 0.717) is 24.2 Å². The molecule has 0 bridgehead atoms. The molecule has 1 aliphatic rings. The van der Waals surface area contributed by atoms with Crippen molar-refractivity contribution in [2.45, 2.75) is 25.7 Å². The number of nitrogens with zero attached hydrogens (tertiary/aromatic N) is 1. The minimum absolute atomic E-state index is 0.0752. The lowest BCUT2D eigenvalue weighted by atomic mass is 10.1. The molecule has 1 heterocycles. The van der Waals surface area contributed by atoms with Crippen molar-refractivity contribution in [3.05, 3.63) is 54.1 Å². The maximum atomic E-state index is 12.2. The first-order valence-electron chi connectivity index (χ1n) is 9.73. The van der Waals surface area contributed by atoms with E-state index >= 15 is 0 Å². The van der Waals surface area contributed by atoms with Crippen LogP contribution in [0.1, 0.15) is 36.0 Å². The summed E-state index contributed by atoms with van der Waals surface area (Å²) in [5.74, 6) is -0.477. The standard InChI is InChI=1S/C22H27N3O3/c1-28-22(27)19-7-3-4-8-20(19)23-14-13-21(26)24-17-9-11-18(12-10-17)25-15-5-2-6-16-25/h3-4,7-12,23H,2,5-6,13-16H2,1H3,(H,24,26). The van der Waals surface area contributed by atoms with Gasteiger partial charge in [0.15, 0.2) is 0 Å². The number of piperidine rings is 1. The molecule has 6 heteroatoms. The molecule has 2 N–H and O–H groups in total. The Morgan fingerprint density at radius 3 is 2.43 bits per heavy atom. The fourth-order valence-electron chi connectivity index (χ4n) is 3.37. The van der Waals surface area contributed by atoms with Crippen molar-refractivity contribution in [2.24, 2.45) is 0 Å². The van der Waals surface area contributed by atoms with Gasteiger partial charge < -0.3 is 20.3 Å². The van der Waals surface area contributed by atoms with Gasteiger partial charge in [0, 0.05) is 43.1 Å². The number of rotatable bonds is 7. The summed E-state index contributed by atoms with van der Waals surface area (Å²) in [7, 11) is 1.35. The van der Waals surface area contributed by atoms with Crippen LogP contribution in [0.3, 0.4) is 0 Å². The Bertz CT molecular complexity index is 799. The molecule has 0 unspecified atom stereocenters. The zero-order valence-corrected chi connectivity index (χ0v) is 16.2. The third kappa shape index (κ3) is 5.25. The molecule has 148 valence electrons. The van der Waals surface area contributed by atoms with Crippen LogP contribution in [0.5, 0.6) is 0 Å². The largest absolute Gasteiger partial charge is 0.465 e. The Kier molecular flexibility index (Phi) is 6.89. The predicted octanol–water partition coefficient (Wildman–Crippen LogP) is 3.90. The number of nitrogens with one attached hydrogen (secondary N) is 2. The molecular weight excluding hydrogens is 354 g/mol. The van der Waals surface area contributed by atoms with E-state index in [1.165, 1.54) is 32.1 Å². The van der Waals surface area contributed by atoms with Crippen LogP contribution in [0, 0.1) is 0 Å². The van der Waals surface area contributed by atoms with Crippen LogP contribution in [0.4, 0.5) is 17.1 Å². The Morgan fingerprint density at radius 2 is 1.71 bits per heavy atom. The summed E-state index contributed by atoms with van der Waals surface area (Å²) >= 11 is 0. The Balaban J connectivity index is 1.48. The smallest absolute Gasteiger partial charge is 0.339 e. The number of carbonyl (C=O) groups excluding carboxylic acids is 2. The number of para-hydroxylation sites is 1. The molecule has 2 aromatic rings. The van der Waals surface area contributed by atoms with Gasteiger partial charge in [0.2, 0.25) is 5.91 Å². The summed E-state index contributed by atoms with van der Waals surface area (Å²) in [6.07, 6.45) is 4.08. The van der Waals surface area contributed by atoms with Crippen molar-refractivity contribution in [1.82, 2.24) is 0 Å². The highest BCUT2D eigenvalue weighted by molar-refractivity contribution is 5.96. The number of amides is 1. The highest BCUT2D eigenvalue weighted by Crippen LogP contribution is 2.22. The maximum absolute atomic E-state index is 12.2. The molecule has 3 rings (SSSR count). The van der Waals surface area contributed by atoms with E-state index in [0.717, 1.165) is 18.8 Å². The van der Waals surface area contributed by atoms with Gasteiger partial charge in [-0.3, -0.25) is 4.79 Å². The Hall–Kier alpha value is -3.02. The summed E-state index contributed by atoms with van der Waals surface area (Å²) in [5, 5.41) is 6.05. The van der Waals surface area contributed by atoms with E-state index < -0.39 is 5.97 Å². The molecule has 0 spiro atoms. The second-order valence-corrected chi connectivity index (χ2v) is 6.86. The lowest BCUT2D eigenvalue weighted by Crippen LogP contribution is -2.29. The van der Waals surface area contributed by atoms with Crippen LogP contribution < -0.4 is 15.5 Å². The van der Waals surface area contributed by atoms with Gasteiger partial charge in [-0.25, -0.2) is 4.79 Å². The van der Waals surface area contributed by atoms with Gasteiger partial charge in [0.25, 0.3) is 0 Å². The normalized spacial score (nSPS) is 13.7. The third-order valence-electron chi connectivity index (χ3n) is 4.87. The van der Waals surface area contributed by atoms with Crippen molar-refractivity contribution < 1.29 is 14.3 Å². The highest BCUT2D eigenvalue weighted by atomic mass is 16.5. The van der Waals surface area contributed by atoms with E-state index in [2.05, 4.69) is 27.7 Å². The van der Waals surface area contributed by atoms with Crippen LogP contribution in [0.25, 0.3) is 0 Å². The van der Waals surface area contributed by atoms with Crippen LogP contribution in [-0.4, -0.2) is 38.6 Å². The number of esters is 1. The molecule has 6 nitrogen and oxygen atoms in total. The average molecular weight is 381 g/mol. The minimum atomic E-state index is -0.402. The monoisotopic (exact) mass is 381 g/mol. The van der Waals surface area contributed by atoms with E-state index in [9.17, 15) is 9.59 Å². The van der Waals surface area contributed by atoms with Crippen LogP contribution in [0.15, 0.2) is 48.5 Å². The van der Waals surface area contributed by atoms with E-state index in [4.69, 9.17) is 4.74 Å². The molecule has 0 atom stereocenters. The van der Waals surface area contributed by atoms with Gasteiger partial charge in [-0.2, -0.15) is 0 Å². The zero-order chi connectivity index (χ0) is 19.8. The summed E-state index contributed by atoms with van der Waals surface area (Å²) < 4.78 is 4.78. The van der Waals surface area contributed by atoms with E-state index in [-0.39, 0.29) is 5.91 Å². The fraction of sp³-hybridized carbons (Fsp3) is 0.364. The van der Waals surface area contributed by atoms with Gasteiger partial charge >= 0.3 is 5.97 Å². The molecule has 1 amide bonds. The Labute approximate surface area is 165 Å². The van der Waals surface area contributed by atoms with Crippen molar-refractivity contribution in [2.75, 3.05) is 42.3 Å². The highest BCUT2D eigenvalue weighted by Gasteiger charge is 2.12. The summed E-state index contributed by atoms with van der Waals surface area (Å²) in [6.45, 7) is 2.63. The Morgan fingerprint density at radius 1 is 1.00 bits per heavy atom. The summed E-state index contributed by atoms with van der Waals surface area (Å²) in [4.78, 5) is 26.4. The predicted molar refractivity (Wildman–Crippen MR) is 112 cm³/mol. The second-order valence-electron chi connectivity index (χ2n) is 6.86. The quantitative estimate of drug-likeness (QED) is 0.712. The molecule has 2 aromatic carbocycles. The number of methoxy groups -OCH3 is 1. The molecule has 1 fully saturated rings. The second kappa shape index (κ2) is 9.78. The number of hydrogen-bond donors (Lipinski definition) is 2. The van der Waals surface area contributed by atoms with Gasteiger partial charge in [0.1, 0.15) is 0 Å². The number of carbonyl (C=O) groups is 2. The first-order valence-corrected chi connectivity index (χ1v) is 9.73. The van der Waals surface area contributed by atoms with Gasteiger partial charge in [0.05, 0.1) is 12.7 Å².